The van der Waals surface area contributed by atoms with Gasteiger partial charge in [-0.1, -0.05) is 18.2 Å². The van der Waals surface area contributed by atoms with E-state index in [1.54, 1.807) is 14.0 Å². The Morgan fingerprint density at radius 2 is 2.09 bits per heavy atom. The fraction of sp³-hybridized carbons (Fsp3) is 0.294. The number of benzene rings is 1. The highest BCUT2D eigenvalue weighted by molar-refractivity contribution is 5.89. The van der Waals surface area contributed by atoms with E-state index in [1.807, 2.05) is 24.3 Å². The van der Waals surface area contributed by atoms with Gasteiger partial charge in [0.1, 0.15) is 22.8 Å². The Morgan fingerprint density at radius 1 is 1.35 bits per heavy atom. The maximum Gasteiger partial charge on any atom is 0.339 e. The zero-order valence-electron chi connectivity index (χ0n) is 12.9. The highest BCUT2D eigenvalue weighted by Gasteiger charge is 2.31. The molecule has 1 aromatic carbocycles. The minimum Gasteiger partial charge on any atom is -0.480 e. The second kappa shape index (κ2) is 5.79. The summed E-state index contributed by atoms with van der Waals surface area (Å²) in [4.78, 5) is 25.0. The number of para-hydroxylation sites is 1. The van der Waals surface area contributed by atoms with Crippen LogP contribution in [0.25, 0.3) is 0 Å². The lowest BCUT2D eigenvalue weighted by molar-refractivity contribution is -0.137. The average molecular weight is 315 g/mol. The highest BCUT2D eigenvalue weighted by atomic mass is 16.5. The van der Waals surface area contributed by atoms with E-state index in [-0.39, 0.29) is 18.0 Å². The van der Waals surface area contributed by atoms with Gasteiger partial charge in [0.2, 0.25) is 0 Å². The molecule has 1 amide bonds. The summed E-state index contributed by atoms with van der Waals surface area (Å²) >= 11 is 0. The Kier molecular flexibility index (Phi) is 3.82. The number of fused-ring (bicyclic) bond motifs is 1. The third kappa shape index (κ3) is 2.92. The van der Waals surface area contributed by atoms with Gasteiger partial charge in [-0.2, -0.15) is 0 Å². The molecule has 6 nitrogen and oxygen atoms in total. The number of carboxylic acid groups (broad SMARTS) is 1. The lowest BCUT2D eigenvalue weighted by Crippen LogP contribution is -2.38. The molecule has 0 bridgehead atoms. The molecule has 2 aromatic rings. The van der Waals surface area contributed by atoms with Crippen molar-refractivity contribution in [1.82, 2.24) is 4.90 Å². The van der Waals surface area contributed by atoms with E-state index in [0.29, 0.717) is 17.9 Å². The van der Waals surface area contributed by atoms with Crippen molar-refractivity contribution in [2.24, 2.45) is 0 Å². The number of nitrogens with zero attached hydrogens (tertiary/aromatic N) is 1. The van der Waals surface area contributed by atoms with Gasteiger partial charge < -0.3 is 19.2 Å². The van der Waals surface area contributed by atoms with E-state index >= 15 is 0 Å². The quantitative estimate of drug-likeness (QED) is 0.936. The van der Waals surface area contributed by atoms with E-state index in [1.165, 1.54) is 11.0 Å². The molecule has 2 heterocycles. The monoisotopic (exact) mass is 315 g/mol. The number of carbonyl (C=O) groups excluding carboxylic acids is 1. The van der Waals surface area contributed by atoms with Crippen LogP contribution in [0.1, 0.15) is 27.4 Å². The van der Waals surface area contributed by atoms with Crippen LogP contribution in [0, 0.1) is 6.92 Å². The number of hydrogen-bond donors (Lipinski definition) is 1. The molecule has 0 saturated heterocycles. The van der Waals surface area contributed by atoms with Crippen LogP contribution < -0.4 is 4.74 Å². The van der Waals surface area contributed by atoms with Crippen molar-refractivity contribution in [1.29, 1.82) is 0 Å². The molecule has 0 spiro atoms. The topological polar surface area (TPSA) is 80.0 Å². The summed E-state index contributed by atoms with van der Waals surface area (Å²) in [6.07, 6.45) is -0.0101. The van der Waals surface area contributed by atoms with Crippen LogP contribution in [0.3, 0.4) is 0 Å². The normalized spacial score (nSPS) is 15.8. The molecular weight excluding hydrogens is 298 g/mol. The minimum absolute atomic E-state index is 0.116. The zero-order chi connectivity index (χ0) is 16.6. The fourth-order valence-electron chi connectivity index (χ4n) is 2.71. The summed E-state index contributed by atoms with van der Waals surface area (Å²) in [5.74, 6) is 0.304. The molecule has 0 aliphatic carbocycles. The molecule has 1 aliphatic heterocycles. The van der Waals surface area contributed by atoms with Crippen molar-refractivity contribution in [2.45, 2.75) is 26.0 Å². The third-order valence-electron chi connectivity index (χ3n) is 3.89. The molecule has 0 saturated carbocycles. The van der Waals surface area contributed by atoms with Crippen LogP contribution in [-0.4, -0.2) is 35.0 Å². The van der Waals surface area contributed by atoms with Gasteiger partial charge in [0.15, 0.2) is 6.10 Å². The van der Waals surface area contributed by atoms with Gasteiger partial charge >= 0.3 is 5.97 Å². The summed E-state index contributed by atoms with van der Waals surface area (Å²) in [5, 5.41) is 9.03. The third-order valence-corrected chi connectivity index (χ3v) is 3.89. The molecule has 120 valence electrons. The van der Waals surface area contributed by atoms with Crippen LogP contribution >= 0.6 is 0 Å². The molecular formula is C17H17NO5. The molecule has 1 atom stereocenters. The number of ether oxygens (including phenoxy) is 1. The van der Waals surface area contributed by atoms with E-state index in [2.05, 4.69) is 0 Å². The molecule has 1 N–H and O–H groups in total. The lowest BCUT2D eigenvalue weighted by atomic mass is 10.1. The maximum atomic E-state index is 12.5. The van der Waals surface area contributed by atoms with Crippen LogP contribution in [0.15, 0.2) is 34.7 Å². The summed E-state index contributed by atoms with van der Waals surface area (Å²) < 4.78 is 11.1. The van der Waals surface area contributed by atoms with Crippen molar-refractivity contribution in [3.63, 3.8) is 0 Å². The van der Waals surface area contributed by atoms with Crippen molar-refractivity contribution in [2.75, 3.05) is 7.05 Å². The molecule has 0 fully saturated rings. The van der Waals surface area contributed by atoms with Crippen LogP contribution in [-0.2, 0) is 17.8 Å². The standard InChI is InChI=1S/C17H17NO5/c1-10-13(17(20)21)8-12(22-10)9-18(2)16(19)15-7-11-5-3-4-6-14(11)23-15/h3-6,8,15H,7,9H2,1-2H3,(H,20,21)/t15-/m0/s1. The van der Waals surface area contributed by atoms with Crippen molar-refractivity contribution in [3.05, 3.63) is 53.0 Å². The fourth-order valence-corrected chi connectivity index (χ4v) is 2.71. The first kappa shape index (κ1) is 15.1. The predicted octanol–water partition coefficient (Wildman–Crippen LogP) is 2.25. The smallest absolute Gasteiger partial charge is 0.339 e. The number of amides is 1. The molecule has 1 aromatic heterocycles. The number of aryl methyl sites for hydroxylation is 1. The van der Waals surface area contributed by atoms with Crippen molar-refractivity contribution in [3.8, 4) is 5.75 Å². The number of carboxylic acids is 1. The van der Waals surface area contributed by atoms with Gasteiger partial charge in [0, 0.05) is 13.5 Å². The number of carbonyl (C=O) groups is 2. The van der Waals surface area contributed by atoms with Gasteiger partial charge in [-0.3, -0.25) is 4.79 Å². The van der Waals surface area contributed by atoms with Gasteiger partial charge in [-0.25, -0.2) is 4.79 Å². The highest BCUT2D eigenvalue weighted by Crippen LogP contribution is 2.29. The van der Waals surface area contributed by atoms with Crippen molar-refractivity contribution < 1.29 is 23.8 Å². The summed E-state index contributed by atoms with van der Waals surface area (Å²) in [6.45, 7) is 1.79. The molecule has 0 radical (unpaired) electrons. The number of likely N-dealkylation sites (N-methyl/N-ethyl adjacent to an activating group) is 1. The maximum absolute atomic E-state index is 12.5. The SMILES string of the molecule is Cc1oc(CN(C)C(=O)[C@@H]2Cc3ccccc3O2)cc1C(=O)O. The molecule has 23 heavy (non-hydrogen) atoms. The summed E-state index contributed by atoms with van der Waals surface area (Å²) in [7, 11) is 1.65. The Hall–Kier alpha value is -2.76. The zero-order valence-corrected chi connectivity index (χ0v) is 12.9. The van der Waals surface area contributed by atoms with Gasteiger partial charge in [-0.15, -0.1) is 0 Å². The van der Waals surface area contributed by atoms with Crippen LogP contribution in [0.5, 0.6) is 5.75 Å². The lowest BCUT2D eigenvalue weighted by Gasteiger charge is -2.19. The van der Waals surface area contributed by atoms with Crippen LogP contribution in [0.4, 0.5) is 0 Å². The Morgan fingerprint density at radius 3 is 2.74 bits per heavy atom. The van der Waals surface area contributed by atoms with Gasteiger partial charge in [0.05, 0.1) is 6.54 Å². The van der Waals surface area contributed by atoms with Crippen molar-refractivity contribution >= 4 is 11.9 Å². The number of rotatable bonds is 4. The first-order valence-electron chi connectivity index (χ1n) is 7.28. The molecule has 0 unspecified atom stereocenters. The van der Waals surface area contributed by atoms with Gasteiger partial charge in [-0.05, 0) is 24.6 Å². The second-order valence-electron chi connectivity index (χ2n) is 5.60. The summed E-state index contributed by atoms with van der Waals surface area (Å²) in [6, 6.07) is 9.02. The van der Waals surface area contributed by atoms with E-state index in [4.69, 9.17) is 14.3 Å². The number of aromatic carboxylic acids is 1. The van der Waals surface area contributed by atoms with Crippen LogP contribution in [0.2, 0.25) is 0 Å². The first-order chi connectivity index (χ1) is 11.0. The predicted molar refractivity (Wildman–Crippen MR) is 81.4 cm³/mol. The Balaban J connectivity index is 1.67. The average Bonchev–Trinajstić information content (AvgIpc) is 3.09. The molecule has 1 aliphatic rings. The second-order valence-corrected chi connectivity index (χ2v) is 5.60. The Labute approximate surface area is 133 Å². The largest absolute Gasteiger partial charge is 0.480 e. The molecule has 6 heteroatoms. The van der Waals surface area contributed by atoms with E-state index < -0.39 is 12.1 Å². The minimum atomic E-state index is -1.04. The van der Waals surface area contributed by atoms with E-state index in [0.717, 1.165) is 11.3 Å². The number of hydrogen-bond acceptors (Lipinski definition) is 4. The first-order valence-corrected chi connectivity index (χ1v) is 7.28. The Bertz CT molecular complexity index is 739. The summed E-state index contributed by atoms with van der Waals surface area (Å²) in [5.41, 5.74) is 1.13. The van der Waals surface area contributed by atoms with E-state index in [9.17, 15) is 9.59 Å². The number of furan rings is 1. The van der Waals surface area contributed by atoms with Gasteiger partial charge in [0.25, 0.3) is 5.91 Å². The molecule has 3 rings (SSSR count).